The number of carbonyl (C=O) groups excluding carboxylic acids is 1. The van der Waals surface area contributed by atoms with Crippen LogP contribution < -0.4 is 10.0 Å². The molecule has 1 atom stereocenters. The van der Waals surface area contributed by atoms with E-state index in [1.165, 1.54) is 17.7 Å². The minimum absolute atomic E-state index is 0.00501. The van der Waals surface area contributed by atoms with Crippen LogP contribution in [0.2, 0.25) is 0 Å². The summed E-state index contributed by atoms with van der Waals surface area (Å²) in [5, 5.41) is 2.89. The monoisotopic (exact) mass is 358 g/mol. The molecule has 5 nitrogen and oxygen atoms in total. The van der Waals surface area contributed by atoms with Gasteiger partial charge in [0, 0.05) is 12.0 Å². The van der Waals surface area contributed by atoms with Gasteiger partial charge in [0.05, 0.1) is 10.9 Å². The van der Waals surface area contributed by atoms with Gasteiger partial charge in [0.1, 0.15) is 0 Å². The van der Waals surface area contributed by atoms with E-state index in [9.17, 15) is 13.2 Å². The van der Waals surface area contributed by atoms with Crippen molar-refractivity contribution in [3.8, 4) is 0 Å². The van der Waals surface area contributed by atoms with E-state index in [0.29, 0.717) is 6.54 Å². The molecule has 0 bridgehead atoms. The Bertz CT molecular complexity index is 831. The average molecular weight is 358 g/mol. The third-order valence-electron chi connectivity index (χ3n) is 4.62. The van der Waals surface area contributed by atoms with E-state index in [1.807, 2.05) is 18.2 Å². The normalized spacial score (nSPS) is 16.8. The van der Waals surface area contributed by atoms with Crippen molar-refractivity contribution >= 4 is 15.9 Å². The first kappa shape index (κ1) is 17.6. The van der Waals surface area contributed by atoms with E-state index in [0.717, 1.165) is 12.8 Å². The zero-order valence-corrected chi connectivity index (χ0v) is 14.9. The van der Waals surface area contributed by atoms with Crippen LogP contribution in [-0.4, -0.2) is 26.9 Å². The van der Waals surface area contributed by atoms with Gasteiger partial charge in [-0.2, -0.15) is 4.72 Å². The van der Waals surface area contributed by atoms with Gasteiger partial charge in [0.25, 0.3) is 0 Å². The zero-order chi connectivity index (χ0) is 17.9. The second-order valence-electron chi connectivity index (χ2n) is 6.52. The highest BCUT2D eigenvalue weighted by Gasteiger charge is 2.44. The maximum Gasteiger partial charge on any atom is 0.241 e. The molecule has 1 saturated carbocycles. The largest absolute Gasteiger partial charge is 0.354 e. The number of carbonyl (C=O) groups is 1. The van der Waals surface area contributed by atoms with Crippen molar-refractivity contribution in [1.82, 2.24) is 10.0 Å². The summed E-state index contributed by atoms with van der Waals surface area (Å²) >= 11 is 0. The first-order valence-electron chi connectivity index (χ1n) is 8.34. The summed E-state index contributed by atoms with van der Waals surface area (Å²) in [4.78, 5) is 12.5. The Balaban J connectivity index is 1.59. The smallest absolute Gasteiger partial charge is 0.241 e. The highest BCUT2D eigenvalue weighted by molar-refractivity contribution is 7.89. The highest BCUT2D eigenvalue weighted by Crippen LogP contribution is 2.47. The van der Waals surface area contributed by atoms with Crippen LogP contribution in [0.25, 0.3) is 0 Å². The number of hydrogen-bond acceptors (Lipinski definition) is 3. The summed E-state index contributed by atoms with van der Waals surface area (Å²) in [6, 6.07) is 17.3. The maximum absolute atomic E-state index is 12.3. The van der Waals surface area contributed by atoms with Gasteiger partial charge in [0.15, 0.2) is 0 Å². The van der Waals surface area contributed by atoms with E-state index in [-0.39, 0.29) is 16.2 Å². The molecule has 0 unspecified atom stereocenters. The molecule has 2 N–H and O–H groups in total. The van der Waals surface area contributed by atoms with Gasteiger partial charge in [-0.05, 0) is 37.5 Å². The molecular weight excluding hydrogens is 336 g/mol. The molecule has 1 aliphatic rings. The molecule has 6 heteroatoms. The van der Waals surface area contributed by atoms with Gasteiger partial charge in [0.2, 0.25) is 15.9 Å². The fourth-order valence-electron chi connectivity index (χ4n) is 2.87. The standard InChI is InChI=1S/C19H22N2O3S/c1-15(21-25(23,24)17-10-6-3-7-11-17)18(22)20-14-19(12-13-19)16-8-4-2-5-9-16/h2-11,15,21H,12-14H2,1H3,(H,20,22)/t15-/m0/s1. The third-order valence-corrected chi connectivity index (χ3v) is 6.18. The van der Waals surface area contributed by atoms with E-state index in [1.54, 1.807) is 25.1 Å². The molecule has 0 spiro atoms. The summed E-state index contributed by atoms with van der Waals surface area (Å²) in [5.74, 6) is -0.318. The van der Waals surface area contributed by atoms with E-state index < -0.39 is 16.1 Å². The van der Waals surface area contributed by atoms with Gasteiger partial charge in [-0.1, -0.05) is 48.5 Å². The van der Waals surface area contributed by atoms with Gasteiger partial charge in [-0.3, -0.25) is 4.79 Å². The van der Waals surface area contributed by atoms with Crippen molar-refractivity contribution in [2.24, 2.45) is 0 Å². The average Bonchev–Trinajstić information content (AvgIpc) is 3.42. The summed E-state index contributed by atoms with van der Waals surface area (Å²) in [7, 11) is -3.71. The Kier molecular flexibility index (Phi) is 4.92. The van der Waals surface area contributed by atoms with Crippen LogP contribution in [0.4, 0.5) is 0 Å². The molecule has 0 heterocycles. The molecule has 1 fully saturated rings. The molecular formula is C19H22N2O3S. The van der Waals surface area contributed by atoms with Crippen molar-refractivity contribution in [3.05, 3.63) is 66.2 Å². The highest BCUT2D eigenvalue weighted by atomic mass is 32.2. The van der Waals surface area contributed by atoms with Crippen LogP contribution in [0.1, 0.15) is 25.3 Å². The lowest BCUT2D eigenvalue weighted by Crippen LogP contribution is -2.46. The summed E-state index contributed by atoms with van der Waals surface area (Å²) in [6.07, 6.45) is 2.06. The van der Waals surface area contributed by atoms with Gasteiger partial charge >= 0.3 is 0 Å². The molecule has 1 amide bonds. The quantitative estimate of drug-likeness (QED) is 0.797. The predicted molar refractivity (Wildman–Crippen MR) is 96.6 cm³/mol. The van der Waals surface area contributed by atoms with Crippen molar-refractivity contribution in [1.29, 1.82) is 0 Å². The lowest BCUT2D eigenvalue weighted by Gasteiger charge is -2.19. The molecule has 2 aromatic carbocycles. The van der Waals surface area contributed by atoms with Crippen LogP contribution in [0, 0.1) is 0 Å². The SMILES string of the molecule is C[C@H](NS(=O)(=O)c1ccccc1)C(=O)NCC1(c2ccccc2)CC1. The van der Waals surface area contributed by atoms with E-state index >= 15 is 0 Å². The molecule has 0 saturated heterocycles. The van der Waals surface area contributed by atoms with Crippen molar-refractivity contribution in [2.75, 3.05) is 6.54 Å². The molecule has 132 valence electrons. The maximum atomic E-state index is 12.3. The molecule has 1 aliphatic carbocycles. The number of amides is 1. The first-order valence-corrected chi connectivity index (χ1v) is 9.82. The molecule has 0 aromatic heterocycles. The summed E-state index contributed by atoms with van der Waals surface area (Å²) in [6.45, 7) is 2.07. The minimum atomic E-state index is -3.71. The fourth-order valence-corrected chi connectivity index (χ4v) is 4.10. The number of rotatable bonds is 7. The Labute approximate surface area is 148 Å². The van der Waals surface area contributed by atoms with Crippen molar-refractivity contribution < 1.29 is 13.2 Å². The zero-order valence-electron chi connectivity index (χ0n) is 14.1. The Morgan fingerprint density at radius 1 is 1.04 bits per heavy atom. The second-order valence-corrected chi connectivity index (χ2v) is 8.23. The van der Waals surface area contributed by atoms with Gasteiger partial charge in [-0.15, -0.1) is 0 Å². The number of benzene rings is 2. The molecule has 0 radical (unpaired) electrons. The van der Waals surface area contributed by atoms with Gasteiger partial charge in [-0.25, -0.2) is 8.42 Å². The summed E-state index contributed by atoms with van der Waals surface area (Å²) < 4.78 is 27.0. The van der Waals surface area contributed by atoms with E-state index in [4.69, 9.17) is 0 Å². The molecule has 0 aliphatic heterocycles. The summed E-state index contributed by atoms with van der Waals surface area (Å²) in [5.41, 5.74) is 1.21. The predicted octanol–water partition coefficient (Wildman–Crippen LogP) is 2.20. The van der Waals surface area contributed by atoms with Gasteiger partial charge < -0.3 is 5.32 Å². The Hall–Kier alpha value is -2.18. The number of nitrogens with one attached hydrogen (secondary N) is 2. The van der Waals surface area contributed by atoms with Crippen LogP contribution in [0.15, 0.2) is 65.6 Å². The van der Waals surface area contributed by atoms with Crippen molar-refractivity contribution in [2.45, 2.75) is 36.1 Å². The molecule has 3 rings (SSSR count). The fraction of sp³-hybridized carbons (Fsp3) is 0.316. The number of hydrogen-bond donors (Lipinski definition) is 2. The minimum Gasteiger partial charge on any atom is -0.354 e. The lowest BCUT2D eigenvalue weighted by molar-refractivity contribution is -0.122. The van der Waals surface area contributed by atoms with Crippen LogP contribution >= 0.6 is 0 Å². The Morgan fingerprint density at radius 2 is 1.60 bits per heavy atom. The molecule has 2 aromatic rings. The van der Waals surface area contributed by atoms with Crippen LogP contribution in [0.5, 0.6) is 0 Å². The van der Waals surface area contributed by atoms with Crippen LogP contribution in [0.3, 0.4) is 0 Å². The molecule has 25 heavy (non-hydrogen) atoms. The van der Waals surface area contributed by atoms with E-state index in [2.05, 4.69) is 22.2 Å². The third kappa shape index (κ3) is 4.08. The Morgan fingerprint density at radius 3 is 2.16 bits per heavy atom. The van der Waals surface area contributed by atoms with Crippen molar-refractivity contribution in [3.63, 3.8) is 0 Å². The second kappa shape index (κ2) is 6.98. The van der Waals surface area contributed by atoms with Crippen LogP contribution in [-0.2, 0) is 20.2 Å². The lowest BCUT2D eigenvalue weighted by atomic mass is 9.96. The first-order chi connectivity index (χ1) is 11.9. The topological polar surface area (TPSA) is 75.3 Å². The number of sulfonamides is 1.